The van der Waals surface area contributed by atoms with E-state index >= 15 is 0 Å². The summed E-state index contributed by atoms with van der Waals surface area (Å²) in [7, 11) is 0. The zero-order valence-corrected chi connectivity index (χ0v) is 21.5. The number of rotatable bonds is 5. The molecule has 5 aromatic rings. The number of aliphatic imine (C=N–C) groups is 1. The number of H-pyrrole nitrogens is 1. The molecular weight excluding hydrogens is 484 g/mol. The third-order valence-electron chi connectivity index (χ3n) is 7.85. The summed E-state index contributed by atoms with van der Waals surface area (Å²) < 4.78 is 0. The van der Waals surface area contributed by atoms with Crippen molar-refractivity contribution < 1.29 is 4.79 Å². The van der Waals surface area contributed by atoms with Gasteiger partial charge in [0.15, 0.2) is 0 Å². The molecule has 0 spiro atoms. The van der Waals surface area contributed by atoms with Crippen molar-refractivity contribution >= 4 is 28.2 Å². The van der Waals surface area contributed by atoms with E-state index in [4.69, 9.17) is 4.99 Å². The van der Waals surface area contributed by atoms with Crippen molar-refractivity contribution in [2.75, 3.05) is 11.9 Å². The first kappa shape index (κ1) is 23.5. The highest BCUT2D eigenvalue weighted by Gasteiger charge is 2.23. The molecule has 39 heavy (non-hydrogen) atoms. The molecule has 1 fully saturated rings. The number of nitrogens with zero attached hydrogens (tertiary/aromatic N) is 4. The SMILES string of the molecule is O=C(Nc1cncc(-c2ccc3c(c2)C(c2cc4c(-c5cccnc5)cncc4[nH]2)=NCC3)c1)C1CCCC1. The quantitative estimate of drug-likeness (QED) is 0.293. The maximum absolute atomic E-state index is 12.7. The minimum atomic E-state index is 0.102. The Labute approximate surface area is 226 Å². The second kappa shape index (κ2) is 9.91. The summed E-state index contributed by atoms with van der Waals surface area (Å²) in [5.41, 5.74) is 10.1. The Morgan fingerprint density at radius 1 is 0.846 bits per heavy atom. The summed E-state index contributed by atoms with van der Waals surface area (Å²) in [6.07, 6.45) is 16.1. The molecule has 7 rings (SSSR count). The Hall–Kier alpha value is -4.65. The van der Waals surface area contributed by atoms with E-state index in [1.54, 1.807) is 12.4 Å². The molecule has 192 valence electrons. The summed E-state index contributed by atoms with van der Waals surface area (Å²) >= 11 is 0. The lowest BCUT2D eigenvalue weighted by Crippen LogP contribution is -2.20. The first-order valence-electron chi connectivity index (χ1n) is 13.5. The van der Waals surface area contributed by atoms with Gasteiger partial charge in [-0.2, -0.15) is 0 Å². The number of benzene rings is 1. The number of nitrogens with one attached hydrogen (secondary N) is 2. The maximum Gasteiger partial charge on any atom is 0.227 e. The third-order valence-corrected chi connectivity index (χ3v) is 7.85. The molecule has 1 aliphatic carbocycles. The van der Waals surface area contributed by atoms with E-state index in [1.165, 1.54) is 5.56 Å². The minimum Gasteiger partial charge on any atom is -0.352 e. The Kier molecular flexibility index (Phi) is 5.96. The van der Waals surface area contributed by atoms with E-state index in [0.717, 1.165) is 94.5 Å². The Balaban J connectivity index is 1.23. The van der Waals surface area contributed by atoms with Crippen LogP contribution in [0, 0.1) is 5.92 Å². The van der Waals surface area contributed by atoms with Gasteiger partial charge in [-0.1, -0.05) is 31.0 Å². The second-order valence-electron chi connectivity index (χ2n) is 10.4. The standard InChI is InChI=1S/C32H28N6O/c39-32(21-4-1-2-5-21)37-25-12-24(16-34-17-25)22-8-7-20-9-11-36-31(26(20)13-22)29-14-27-28(18-35-19-30(27)38-29)23-6-3-10-33-15-23/h3,6-8,10,12-19,21,38H,1-2,4-5,9,11H2,(H,37,39). The van der Waals surface area contributed by atoms with E-state index in [2.05, 4.69) is 49.5 Å². The van der Waals surface area contributed by atoms with Crippen molar-refractivity contribution in [3.63, 3.8) is 0 Å². The van der Waals surface area contributed by atoms with Crippen LogP contribution in [0.5, 0.6) is 0 Å². The molecule has 1 saturated carbocycles. The molecule has 1 aromatic carbocycles. The zero-order chi connectivity index (χ0) is 26.2. The summed E-state index contributed by atoms with van der Waals surface area (Å²) in [4.78, 5) is 34.4. The van der Waals surface area contributed by atoms with Crippen molar-refractivity contribution in [2.45, 2.75) is 32.1 Å². The normalized spacial score (nSPS) is 15.2. The first-order chi connectivity index (χ1) is 19.2. The zero-order valence-electron chi connectivity index (χ0n) is 21.5. The fourth-order valence-corrected chi connectivity index (χ4v) is 5.83. The smallest absolute Gasteiger partial charge is 0.227 e. The molecule has 5 heterocycles. The third kappa shape index (κ3) is 4.50. The van der Waals surface area contributed by atoms with Crippen LogP contribution in [0.25, 0.3) is 33.2 Å². The molecule has 0 radical (unpaired) electrons. The summed E-state index contributed by atoms with van der Waals surface area (Å²) in [6, 6.07) is 14.7. The van der Waals surface area contributed by atoms with Crippen LogP contribution in [-0.4, -0.2) is 38.1 Å². The van der Waals surface area contributed by atoms with Crippen molar-refractivity contribution in [2.24, 2.45) is 10.9 Å². The molecule has 4 aromatic heterocycles. The summed E-state index contributed by atoms with van der Waals surface area (Å²) in [5.74, 6) is 0.214. The highest BCUT2D eigenvalue weighted by atomic mass is 16.1. The van der Waals surface area contributed by atoms with Crippen LogP contribution in [0.15, 0.2) is 84.6 Å². The average Bonchev–Trinajstić information content (AvgIpc) is 3.68. The molecule has 7 heteroatoms. The number of hydrogen-bond acceptors (Lipinski definition) is 5. The number of anilines is 1. The van der Waals surface area contributed by atoms with Crippen LogP contribution < -0.4 is 5.32 Å². The number of aromatic amines is 1. The van der Waals surface area contributed by atoms with Gasteiger partial charge in [-0.25, -0.2) is 0 Å². The van der Waals surface area contributed by atoms with E-state index in [1.807, 2.05) is 43.0 Å². The Morgan fingerprint density at radius 3 is 2.59 bits per heavy atom. The van der Waals surface area contributed by atoms with Gasteiger partial charge in [0, 0.05) is 64.9 Å². The van der Waals surface area contributed by atoms with Gasteiger partial charge in [0.1, 0.15) is 0 Å². The van der Waals surface area contributed by atoms with E-state index < -0.39 is 0 Å². The van der Waals surface area contributed by atoms with Gasteiger partial charge in [0.05, 0.1) is 35.0 Å². The van der Waals surface area contributed by atoms with Crippen LogP contribution in [0.3, 0.4) is 0 Å². The van der Waals surface area contributed by atoms with E-state index in [0.29, 0.717) is 0 Å². The number of carbonyl (C=O) groups is 1. The number of carbonyl (C=O) groups excluding carboxylic acids is 1. The number of amides is 1. The van der Waals surface area contributed by atoms with Crippen LogP contribution in [0.4, 0.5) is 5.69 Å². The van der Waals surface area contributed by atoms with E-state index in [9.17, 15) is 4.79 Å². The van der Waals surface area contributed by atoms with Crippen molar-refractivity contribution in [3.05, 3.63) is 96.5 Å². The van der Waals surface area contributed by atoms with Gasteiger partial charge in [0.25, 0.3) is 0 Å². The molecule has 0 atom stereocenters. The molecule has 1 amide bonds. The molecular formula is C32H28N6O. The van der Waals surface area contributed by atoms with Crippen LogP contribution in [0.2, 0.25) is 0 Å². The molecule has 0 saturated heterocycles. The predicted octanol–water partition coefficient (Wildman–Crippen LogP) is 6.21. The lowest BCUT2D eigenvalue weighted by atomic mass is 9.92. The fourth-order valence-electron chi connectivity index (χ4n) is 5.83. The Bertz CT molecular complexity index is 1720. The van der Waals surface area contributed by atoms with Crippen LogP contribution >= 0.6 is 0 Å². The Morgan fingerprint density at radius 2 is 1.72 bits per heavy atom. The molecule has 2 aliphatic rings. The topological polar surface area (TPSA) is 95.9 Å². The van der Waals surface area contributed by atoms with E-state index in [-0.39, 0.29) is 11.8 Å². The first-order valence-corrected chi connectivity index (χ1v) is 13.5. The van der Waals surface area contributed by atoms with Crippen molar-refractivity contribution in [3.8, 4) is 22.3 Å². The lowest BCUT2D eigenvalue weighted by molar-refractivity contribution is -0.119. The van der Waals surface area contributed by atoms with Crippen LogP contribution in [-0.2, 0) is 11.2 Å². The second-order valence-corrected chi connectivity index (χ2v) is 10.4. The van der Waals surface area contributed by atoms with Gasteiger partial charge in [-0.3, -0.25) is 24.7 Å². The molecule has 7 nitrogen and oxygen atoms in total. The molecule has 0 unspecified atom stereocenters. The monoisotopic (exact) mass is 512 g/mol. The van der Waals surface area contributed by atoms with Gasteiger partial charge in [-0.05, 0) is 54.7 Å². The minimum absolute atomic E-state index is 0.102. The van der Waals surface area contributed by atoms with Crippen molar-refractivity contribution in [1.29, 1.82) is 0 Å². The van der Waals surface area contributed by atoms with Gasteiger partial charge in [0.2, 0.25) is 5.91 Å². The summed E-state index contributed by atoms with van der Waals surface area (Å²) in [6.45, 7) is 0.745. The number of fused-ring (bicyclic) bond motifs is 2. The fraction of sp³-hybridized carbons (Fsp3) is 0.219. The van der Waals surface area contributed by atoms with Crippen LogP contribution in [0.1, 0.15) is 42.5 Å². The van der Waals surface area contributed by atoms with Gasteiger partial charge in [-0.15, -0.1) is 0 Å². The molecule has 2 N–H and O–H groups in total. The maximum atomic E-state index is 12.7. The van der Waals surface area contributed by atoms with Gasteiger partial charge < -0.3 is 10.3 Å². The number of pyridine rings is 3. The van der Waals surface area contributed by atoms with Crippen molar-refractivity contribution in [1.82, 2.24) is 19.9 Å². The lowest BCUT2D eigenvalue weighted by Gasteiger charge is -2.18. The summed E-state index contributed by atoms with van der Waals surface area (Å²) in [5, 5.41) is 4.18. The molecule has 1 aliphatic heterocycles. The van der Waals surface area contributed by atoms with Gasteiger partial charge >= 0.3 is 0 Å². The number of aromatic nitrogens is 4. The number of hydrogen-bond donors (Lipinski definition) is 2. The highest BCUT2D eigenvalue weighted by Crippen LogP contribution is 2.32. The largest absolute Gasteiger partial charge is 0.352 e. The predicted molar refractivity (Wildman–Crippen MR) is 154 cm³/mol. The molecule has 0 bridgehead atoms. The average molecular weight is 513 g/mol. The highest BCUT2D eigenvalue weighted by molar-refractivity contribution is 6.16.